The molecule has 1 atom stereocenters. The number of unbranched alkanes of at least 4 members (excludes halogenated alkanes) is 1. The van der Waals surface area contributed by atoms with Gasteiger partial charge in [0.05, 0.1) is 0 Å². The fourth-order valence-electron chi connectivity index (χ4n) is 1.56. The van der Waals surface area contributed by atoms with Gasteiger partial charge >= 0.3 is 5.97 Å². The minimum atomic E-state index is -1.16. The maximum atomic E-state index is 11.3. The highest BCUT2D eigenvalue weighted by Crippen LogP contribution is 2.24. The molecule has 0 aliphatic heterocycles. The summed E-state index contributed by atoms with van der Waals surface area (Å²) < 4.78 is 0. The molecule has 0 bridgehead atoms. The lowest BCUT2D eigenvalue weighted by molar-refractivity contribution is 0.0687. The van der Waals surface area contributed by atoms with Crippen molar-refractivity contribution in [1.82, 2.24) is 4.98 Å². The lowest BCUT2D eigenvalue weighted by Gasteiger charge is -2.11. The Labute approximate surface area is 110 Å². The predicted molar refractivity (Wildman–Crippen MR) is 71.7 cm³/mol. The number of aromatic nitrogens is 1. The zero-order chi connectivity index (χ0) is 13.7. The molecule has 0 aromatic carbocycles. The van der Waals surface area contributed by atoms with Crippen molar-refractivity contribution in [2.45, 2.75) is 46.1 Å². The van der Waals surface area contributed by atoms with Crippen LogP contribution < -0.4 is 5.32 Å². The maximum Gasteiger partial charge on any atom is 0.356 e. The first-order valence-electron chi connectivity index (χ1n) is 5.97. The molecule has 5 nitrogen and oxygen atoms in total. The fraction of sp³-hybridized carbons (Fsp3) is 0.583. The van der Waals surface area contributed by atoms with E-state index in [1.54, 1.807) is 0 Å². The molecule has 2 N–H and O–H groups in total. The fourth-order valence-corrected chi connectivity index (χ4v) is 2.52. The average Bonchev–Trinajstić information content (AvgIpc) is 2.70. The largest absolute Gasteiger partial charge is 0.476 e. The summed E-state index contributed by atoms with van der Waals surface area (Å²) in [4.78, 5) is 26.5. The van der Waals surface area contributed by atoms with Gasteiger partial charge in [-0.2, -0.15) is 0 Å². The topological polar surface area (TPSA) is 79.3 Å². The minimum absolute atomic E-state index is 0.155. The Balaban J connectivity index is 2.81. The summed E-state index contributed by atoms with van der Waals surface area (Å²) in [5.74, 6) is -1.43. The number of anilines is 1. The number of ketones is 1. The van der Waals surface area contributed by atoms with Crippen LogP contribution in [0.2, 0.25) is 0 Å². The summed E-state index contributed by atoms with van der Waals surface area (Å²) in [5.41, 5.74) is -0.155. The summed E-state index contributed by atoms with van der Waals surface area (Å²) in [6.45, 7) is 5.49. The Hall–Kier alpha value is -1.43. The lowest BCUT2D eigenvalue weighted by Crippen LogP contribution is -2.14. The highest BCUT2D eigenvalue weighted by molar-refractivity contribution is 7.17. The number of rotatable bonds is 7. The van der Waals surface area contributed by atoms with E-state index < -0.39 is 5.97 Å². The first-order chi connectivity index (χ1) is 8.45. The molecule has 1 aromatic heterocycles. The Kier molecular flexibility index (Phi) is 5.27. The second kappa shape index (κ2) is 6.49. The van der Waals surface area contributed by atoms with Gasteiger partial charge in [-0.15, -0.1) is 0 Å². The molecular formula is C12H18N2O3S. The van der Waals surface area contributed by atoms with Gasteiger partial charge in [0, 0.05) is 13.0 Å². The number of nitrogens with one attached hydrogen (secondary N) is 1. The van der Waals surface area contributed by atoms with Crippen LogP contribution in [0.5, 0.6) is 0 Å². The number of Topliss-reactive ketones (excluding diaryl/α,β-unsaturated/α-hetero) is 1. The lowest BCUT2D eigenvalue weighted by atomic mass is 10.1. The first-order valence-corrected chi connectivity index (χ1v) is 6.79. The van der Waals surface area contributed by atoms with E-state index in [1.807, 2.05) is 6.92 Å². The molecule has 0 saturated heterocycles. The van der Waals surface area contributed by atoms with E-state index in [0.717, 1.165) is 30.6 Å². The highest BCUT2D eigenvalue weighted by Gasteiger charge is 2.20. The second-order valence-electron chi connectivity index (χ2n) is 4.25. The van der Waals surface area contributed by atoms with E-state index >= 15 is 0 Å². The van der Waals surface area contributed by atoms with Crippen molar-refractivity contribution in [2.75, 3.05) is 5.32 Å². The van der Waals surface area contributed by atoms with Crippen molar-refractivity contribution in [1.29, 1.82) is 0 Å². The molecule has 18 heavy (non-hydrogen) atoms. The Morgan fingerprint density at radius 2 is 2.17 bits per heavy atom. The summed E-state index contributed by atoms with van der Waals surface area (Å²) in [6, 6.07) is 0.220. The standard InChI is InChI=1S/C12H18N2O3S/c1-4-5-6-7(2)13-12-14-9(11(16)17)10(18-12)8(3)15/h7H,4-6H2,1-3H3,(H,13,14)(H,16,17). The summed E-state index contributed by atoms with van der Waals surface area (Å²) in [5, 5.41) is 12.6. The van der Waals surface area contributed by atoms with Gasteiger partial charge in [-0.3, -0.25) is 4.79 Å². The number of carbonyl (C=O) groups is 2. The van der Waals surface area contributed by atoms with Gasteiger partial charge in [-0.05, 0) is 13.3 Å². The number of carbonyl (C=O) groups excluding carboxylic acids is 1. The van der Waals surface area contributed by atoms with Crippen molar-refractivity contribution in [3.8, 4) is 0 Å². The van der Waals surface area contributed by atoms with Gasteiger partial charge in [0.1, 0.15) is 4.88 Å². The maximum absolute atomic E-state index is 11.3. The predicted octanol–water partition coefficient (Wildman–Crippen LogP) is 3.03. The van der Waals surface area contributed by atoms with Gasteiger partial charge in [0.15, 0.2) is 16.6 Å². The van der Waals surface area contributed by atoms with Gasteiger partial charge in [0.25, 0.3) is 0 Å². The van der Waals surface area contributed by atoms with Crippen LogP contribution in [-0.2, 0) is 0 Å². The smallest absolute Gasteiger partial charge is 0.356 e. The number of carboxylic acid groups (broad SMARTS) is 1. The molecule has 6 heteroatoms. The van der Waals surface area contributed by atoms with Crippen LogP contribution in [0.15, 0.2) is 0 Å². The van der Waals surface area contributed by atoms with Crippen molar-refractivity contribution in [3.63, 3.8) is 0 Å². The number of aromatic carboxylic acids is 1. The van der Waals surface area contributed by atoms with Crippen LogP contribution in [0, 0.1) is 0 Å². The number of thiazole rings is 1. The normalized spacial score (nSPS) is 12.2. The molecule has 0 amide bonds. The third-order valence-electron chi connectivity index (χ3n) is 2.51. The van der Waals surface area contributed by atoms with Crippen LogP contribution in [0.25, 0.3) is 0 Å². The molecule has 0 aliphatic rings. The van der Waals surface area contributed by atoms with Crippen LogP contribution in [-0.4, -0.2) is 27.9 Å². The molecule has 0 fully saturated rings. The molecule has 1 aromatic rings. The molecule has 1 heterocycles. The van der Waals surface area contributed by atoms with Crippen molar-refractivity contribution >= 4 is 28.2 Å². The number of hydrogen-bond donors (Lipinski definition) is 2. The van der Waals surface area contributed by atoms with Crippen LogP contribution in [0.3, 0.4) is 0 Å². The van der Waals surface area contributed by atoms with E-state index in [2.05, 4.69) is 17.2 Å². The number of carboxylic acids is 1. The van der Waals surface area contributed by atoms with Crippen molar-refractivity contribution in [3.05, 3.63) is 10.6 Å². The molecule has 100 valence electrons. The Morgan fingerprint density at radius 1 is 1.50 bits per heavy atom. The molecule has 0 aliphatic carbocycles. The number of hydrogen-bond acceptors (Lipinski definition) is 5. The quantitative estimate of drug-likeness (QED) is 0.744. The molecule has 1 rings (SSSR count). The van der Waals surface area contributed by atoms with E-state index in [9.17, 15) is 9.59 Å². The third kappa shape index (κ3) is 3.80. The monoisotopic (exact) mass is 270 g/mol. The molecular weight excluding hydrogens is 252 g/mol. The third-order valence-corrected chi connectivity index (χ3v) is 3.60. The van der Waals surface area contributed by atoms with Gasteiger partial charge < -0.3 is 10.4 Å². The van der Waals surface area contributed by atoms with E-state index in [4.69, 9.17) is 5.11 Å². The number of nitrogens with zero attached hydrogens (tertiary/aromatic N) is 1. The zero-order valence-corrected chi connectivity index (χ0v) is 11.6. The van der Waals surface area contributed by atoms with Crippen LogP contribution in [0.4, 0.5) is 5.13 Å². The average molecular weight is 270 g/mol. The second-order valence-corrected chi connectivity index (χ2v) is 5.24. The zero-order valence-electron chi connectivity index (χ0n) is 10.8. The summed E-state index contributed by atoms with van der Waals surface area (Å²) >= 11 is 1.11. The van der Waals surface area contributed by atoms with E-state index in [1.165, 1.54) is 6.92 Å². The highest BCUT2D eigenvalue weighted by atomic mass is 32.1. The molecule has 0 radical (unpaired) electrons. The van der Waals surface area contributed by atoms with Crippen molar-refractivity contribution < 1.29 is 14.7 Å². The van der Waals surface area contributed by atoms with Gasteiger partial charge in [0.2, 0.25) is 0 Å². The Morgan fingerprint density at radius 3 is 2.61 bits per heavy atom. The summed E-state index contributed by atoms with van der Waals surface area (Å²) in [6.07, 6.45) is 3.21. The minimum Gasteiger partial charge on any atom is -0.476 e. The molecule has 0 spiro atoms. The van der Waals surface area contributed by atoms with Gasteiger partial charge in [-0.1, -0.05) is 31.1 Å². The first kappa shape index (κ1) is 14.6. The SMILES string of the molecule is CCCCC(C)Nc1nc(C(=O)O)c(C(C)=O)s1. The van der Waals surface area contributed by atoms with E-state index in [0.29, 0.717) is 5.13 Å². The van der Waals surface area contributed by atoms with Crippen molar-refractivity contribution in [2.24, 2.45) is 0 Å². The van der Waals surface area contributed by atoms with Crippen LogP contribution in [0.1, 0.15) is 60.2 Å². The summed E-state index contributed by atoms with van der Waals surface area (Å²) in [7, 11) is 0. The Bertz CT molecular complexity index is 411. The molecule has 1 unspecified atom stereocenters. The molecule has 0 saturated carbocycles. The van der Waals surface area contributed by atoms with E-state index in [-0.39, 0.29) is 22.4 Å². The van der Waals surface area contributed by atoms with Crippen LogP contribution >= 0.6 is 11.3 Å². The van der Waals surface area contributed by atoms with Gasteiger partial charge in [-0.25, -0.2) is 9.78 Å².